The van der Waals surface area contributed by atoms with Gasteiger partial charge in [-0.15, -0.1) is 0 Å². The van der Waals surface area contributed by atoms with Crippen molar-refractivity contribution >= 4 is 11.8 Å². The van der Waals surface area contributed by atoms with Crippen molar-refractivity contribution in [3.63, 3.8) is 0 Å². The molecule has 0 amide bonds. The minimum absolute atomic E-state index is 0.0963. The zero-order chi connectivity index (χ0) is 15.7. The Labute approximate surface area is 125 Å². The molecule has 0 fully saturated rings. The van der Waals surface area contributed by atoms with Gasteiger partial charge < -0.3 is 20.3 Å². The lowest BCUT2D eigenvalue weighted by molar-refractivity contribution is 0.600. The minimum atomic E-state index is 0.0963. The molecule has 0 unspecified atom stereocenters. The minimum Gasteiger partial charge on any atom is -0.440 e. The van der Waals surface area contributed by atoms with Crippen molar-refractivity contribution in [1.82, 2.24) is 0 Å². The van der Waals surface area contributed by atoms with Crippen LogP contribution in [0.5, 0.6) is 0 Å². The van der Waals surface area contributed by atoms with Gasteiger partial charge in [-0.25, -0.2) is 0 Å². The summed E-state index contributed by atoms with van der Waals surface area (Å²) in [5.74, 6) is 1.22. The van der Waals surface area contributed by atoms with Gasteiger partial charge in [0, 0.05) is 23.3 Å². The molecular formula is C16H10N4O2. The van der Waals surface area contributed by atoms with Crippen LogP contribution in [0.4, 0.5) is 11.8 Å². The second kappa shape index (κ2) is 5.04. The van der Waals surface area contributed by atoms with E-state index in [0.717, 1.165) is 11.1 Å². The predicted octanol–water partition coefficient (Wildman–Crippen LogP) is 3.11. The zero-order valence-corrected chi connectivity index (χ0v) is 11.3. The van der Waals surface area contributed by atoms with Crippen LogP contribution >= 0.6 is 0 Å². The fourth-order valence-corrected chi connectivity index (χ4v) is 2.07. The summed E-state index contributed by atoms with van der Waals surface area (Å²) in [5.41, 5.74) is 13.3. The van der Waals surface area contributed by atoms with E-state index in [-0.39, 0.29) is 11.8 Å². The van der Waals surface area contributed by atoms with Crippen LogP contribution in [0.3, 0.4) is 0 Å². The van der Waals surface area contributed by atoms with E-state index in [1.807, 2.05) is 12.1 Å². The van der Waals surface area contributed by atoms with Crippen LogP contribution in [-0.2, 0) is 0 Å². The number of hydrogen-bond donors (Lipinski definition) is 2. The van der Waals surface area contributed by atoms with Gasteiger partial charge in [-0.2, -0.15) is 10.5 Å². The van der Waals surface area contributed by atoms with Crippen molar-refractivity contribution in [2.45, 2.75) is 0 Å². The predicted molar refractivity (Wildman–Crippen MR) is 80.1 cm³/mol. The van der Waals surface area contributed by atoms with Crippen molar-refractivity contribution in [2.24, 2.45) is 0 Å². The monoisotopic (exact) mass is 290 g/mol. The van der Waals surface area contributed by atoms with Gasteiger partial charge in [0.05, 0.1) is 0 Å². The van der Waals surface area contributed by atoms with Crippen LogP contribution in [0.25, 0.3) is 22.6 Å². The zero-order valence-electron chi connectivity index (χ0n) is 11.3. The Morgan fingerprint density at radius 2 is 1.09 bits per heavy atom. The highest BCUT2D eigenvalue weighted by Gasteiger charge is 2.12. The molecule has 0 aliphatic heterocycles. The topological polar surface area (TPSA) is 126 Å². The fourth-order valence-electron chi connectivity index (χ4n) is 2.07. The highest BCUT2D eigenvalue weighted by atomic mass is 16.4. The second-order valence-corrected chi connectivity index (χ2v) is 4.58. The van der Waals surface area contributed by atoms with Gasteiger partial charge in [0.25, 0.3) is 0 Å². The number of nitrogen functional groups attached to an aromatic ring is 2. The maximum absolute atomic E-state index is 8.88. The van der Waals surface area contributed by atoms with Crippen LogP contribution in [0, 0.1) is 22.7 Å². The highest BCUT2D eigenvalue weighted by Crippen LogP contribution is 2.31. The molecule has 0 bridgehead atoms. The molecule has 0 saturated carbocycles. The summed E-state index contributed by atoms with van der Waals surface area (Å²) in [7, 11) is 0. The first-order chi connectivity index (χ1) is 10.6. The smallest absolute Gasteiger partial charge is 0.208 e. The standard InChI is InChI=1S/C16H10N4O2/c17-7-11-5-13(21-15(11)19)9-1-2-10(4-3-9)14-6-12(8-18)16(20)22-14/h1-6H,19-20H2. The molecule has 0 radical (unpaired) electrons. The maximum atomic E-state index is 8.88. The molecule has 106 valence electrons. The molecule has 4 N–H and O–H groups in total. The number of rotatable bonds is 2. The summed E-state index contributed by atoms with van der Waals surface area (Å²) < 4.78 is 10.7. The van der Waals surface area contributed by atoms with Gasteiger partial charge in [-0.05, 0) is 0 Å². The Morgan fingerprint density at radius 3 is 1.36 bits per heavy atom. The lowest BCUT2D eigenvalue weighted by Crippen LogP contribution is -1.82. The van der Waals surface area contributed by atoms with Crippen LogP contribution in [0.1, 0.15) is 11.1 Å². The van der Waals surface area contributed by atoms with Crippen molar-refractivity contribution in [2.75, 3.05) is 11.5 Å². The van der Waals surface area contributed by atoms with Gasteiger partial charge in [-0.1, -0.05) is 24.3 Å². The first-order valence-electron chi connectivity index (χ1n) is 6.32. The summed E-state index contributed by atoms with van der Waals surface area (Å²) in [4.78, 5) is 0. The molecule has 1 aromatic carbocycles. The van der Waals surface area contributed by atoms with Crippen LogP contribution in [0.2, 0.25) is 0 Å². The summed E-state index contributed by atoms with van der Waals surface area (Å²) in [6.07, 6.45) is 0. The van der Waals surface area contributed by atoms with E-state index < -0.39 is 0 Å². The summed E-state index contributed by atoms with van der Waals surface area (Å²) >= 11 is 0. The molecule has 0 saturated heterocycles. The van der Waals surface area contributed by atoms with Gasteiger partial charge in [-0.3, -0.25) is 0 Å². The first-order valence-corrected chi connectivity index (χ1v) is 6.32. The van der Waals surface area contributed by atoms with Gasteiger partial charge in [0.15, 0.2) is 0 Å². The third kappa shape index (κ3) is 2.15. The molecule has 22 heavy (non-hydrogen) atoms. The average molecular weight is 290 g/mol. The Hall–Kier alpha value is -3.64. The van der Waals surface area contributed by atoms with Crippen molar-refractivity contribution < 1.29 is 8.83 Å². The van der Waals surface area contributed by atoms with E-state index in [0.29, 0.717) is 22.6 Å². The van der Waals surface area contributed by atoms with E-state index in [4.69, 9.17) is 30.8 Å². The van der Waals surface area contributed by atoms with Crippen LogP contribution in [0.15, 0.2) is 45.2 Å². The number of nitrogens with two attached hydrogens (primary N) is 2. The molecule has 2 heterocycles. The molecule has 0 aliphatic rings. The SMILES string of the molecule is N#Cc1cc(-c2ccc(-c3cc(C#N)c(N)o3)cc2)oc1N. The number of furan rings is 2. The Morgan fingerprint density at radius 1 is 0.727 bits per heavy atom. The molecule has 0 aliphatic carbocycles. The normalized spacial score (nSPS) is 10.1. The third-order valence-electron chi connectivity index (χ3n) is 3.22. The first kappa shape index (κ1) is 13.3. The summed E-state index contributed by atoms with van der Waals surface area (Å²) in [6.45, 7) is 0. The second-order valence-electron chi connectivity index (χ2n) is 4.58. The van der Waals surface area contributed by atoms with Crippen LogP contribution in [-0.4, -0.2) is 0 Å². The molecule has 3 rings (SSSR count). The van der Waals surface area contributed by atoms with E-state index in [1.165, 1.54) is 0 Å². The third-order valence-corrected chi connectivity index (χ3v) is 3.22. The number of benzene rings is 1. The van der Waals surface area contributed by atoms with E-state index in [9.17, 15) is 0 Å². The fraction of sp³-hybridized carbons (Fsp3) is 0. The number of anilines is 2. The van der Waals surface area contributed by atoms with Gasteiger partial charge in [0.2, 0.25) is 11.8 Å². The van der Waals surface area contributed by atoms with Gasteiger partial charge in [0.1, 0.15) is 34.8 Å². The number of nitrogens with zero attached hydrogens (tertiary/aromatic N) is 2. The number of nitriles is 2. The van der Waals surface area contributed by atoms with Crippen LogP contribution < -0.4 is 11.5 Å². The lowest BCUT2D eigenvalue weighted by atomic mass is 10.1. The molecular weight excluding hydrogens is 280 g/mol. The van der Waals surface area contributed by atoms with Crippen molar-refractivity contribution in [3.8, 4) is 34.8 Å². The summed E-state index contributed by atoms with van der Waals surface area (Å²) in [6, 6.07) is 14.3. The quantitative estimate of drug-likeness (QED) is 0.746. The maximum Gasteiger partial charge on any atom is 0.208 e. The van der Waals surface area contributed by atoms with Crippen molar-refractivity contribution in [1.29, 1.82) is 10.5 Å². The average Bonchev–Trinajstić information content (AvgIpc) is 3.10. The molecule has 6 nitrogen and oxygen atoms in total. The molecule has 2 aromatic heterocycles. The molecule has 0 atom stereocenters. The highest BCUT2D eigenvalue weighted by molar-refractivity contribution is 5.70. The van der Waals surface area contributed by atoms with E-state index >= 15 is 0 Å². The Bertz CT molecular complexity index is 843. The number of hydrogen-bond acceptors (Lipinski definition) is 6. The Kier molecular flexibility index (Phi) is 3.06. The Balaban J connectivity index is 1.95. The van der Waals surface area contributed by atoms with Crippen molar-refractivity contribution in [3.05, 3.63) is 47.5 Å². The molecule has 3 aromatic rings. The summed E-state index contributed by atoms with van der Waals surface area (Å²) in [5, 5.41) is 17.8. The largest absolute Gasteiger partial charge is 0.440 e. The van der Waals surface area contributed by atoms with E-state index in [1.54, 1.807) is 36.4 Å². The molecule has 0 spiro atoms. The van der Waals surface area contributed by atoms with Gasteiger partial charge >= 0.3 is 0 Å². The molecule has 6 heteroatoms. The lowest BCUT2D eigenvalue weighted by Gasteiger charge is -1.99. The van der Waals surface area contributed by atoms with E-state index in [2.05, 4.69) is 0 Å².